The Morgan fingerprint density at radius 2 is 2.00 bits per heavy atom. The standard InChI is InChI=1S/C20H20ClN3O3S/c1-13-5-10-28-16(13)17(25)23-8-6-20(7-9-23)18(26)24(19(27)22-20)12-14-3-2-4-15(21)11-14/h2-5,10-11H,6-9,12H2,1H3,(H,22,27). The molecule has 2 saturated heterocycles. The minimum Gasteiger partial charge on any atom is -0.338 e. The molecule has 0 atom stereocenters. The van der Waals surface area contributed by atoms with E-state index in [1.54, 1.807) is 23.1 Å². The van der Waals surface area contributed by atoms with Crippen LogP contribution in [0, 0.1) is 6.92 Å². The number of carbonyl (C=O) groups is 3. The summed E-state index contributed by atoms with van der Waals surface area (Å²) in [5.74, 6) is -0.230. The molecular formula is C20H20ClN3O3S. The average Bonchev–Trinajstić information content (AvgIpc) is 3.19. The Kier molecular flexibility index (Phi) is 4.89. The molecule has 0 bridgehead atoms. The van der Waals surface area contributed by atoms with E-state index in [1.165, 1.54) is 16.2 Å². The monoisotopic (exact) mass is 417 g/mol. The minimum atomic E-state index is -0.920. The molecule has 2 aliphatic heterocycles. The summed E-state index contributed by atoms with van der Waals surface area (Å²) in [7, 11) is 0. The maximum absolute atomic E-state index is 13.0. The lowest BCUT2D eigenvalue weighted by atomic mass is 9.87. The van der Waals surface area contributed by atoms with Crippen molar-refractivity contribution in [3.63, 3.8) is 0 Å². The van der Waals surface area contributed by atoms with Gasteiger partial charge in [-0.25, -0.2) is 4.79 Å². The Balaban J connectivity index is 1.45. The molecule has 0 radical (unpaired) electrons. The first-order valence-electron chi connectivity index (χ1n) is 9.11. The third-order valence-corrected chi connectivity index (χ3v) is 6.68. The number of imide groups is 1. The Morgan fingerprint density at radius 3 is 2.64 bits per heavy atom. The van der Waals surface area contributed by atoms with Gasteiger partial charge < -0.3 is 10.2 Å². The van der Waals surface area contributed by atoms with Crippen LogP contribution in [0.3, 0.4) is 0 Å². The van der Waals surface area contributed by atoms with Crippen LogP contribution in [0.2, 0.25) is 5.02 Å². The highest BCUT2D eigenvalue weighted by Gasteiger charge is 2.52. The smallest absolute Gasteiger partial charge is 0.325 e. The number of halogens is 1. The molecule has 146 valence electrons. The maximum Gasteiger partial charge on any atom is 0.325 e. The summed E-state index contributed by atoms with van der Waals surface area (Å²) in [6.07, 6.45) is 0.833. The number of urea groups is 1. The van der Waals surface area contributed by atoms with E-state index in [0.29, 0.717) is 31.0 Å². The number of hydrogen-bond acceptors (Lipinski definition) is 4. The van der Waals surface area contributed by atoms with Crippen molar-refractivity contribution in [1.82, 2.24) is 15.1 Å². The van der Waals surface area contributed by atoms with E-state index < -0.39 is 5.54 Å². The molecule has 0 unspecified atom stereocenters. The molecule has 2 aliphatic rings. The molecule has 4 amide bonds. The van der Waals surface area contributed by atoms with Crippen molar-refractivity contribution >= 4 is 40.8 Å². The first-order chi connectivity index (χ1) is 13.4. The largest absolute Gasteiger partial charge is 0.338 e. The normalized spacial score (nSPS) is 18.6. The lowest BCUT2D eigenvalue weighted by molar-refractivity contribution is -0.133. The average molecular weight is 418 g/mol. The van der Waals surface area contributed by atoms with Crippen LogP contribution in [0.5, 0.6) is 0 Å². The molecule has 28 heavy (non-hydrogen) atoms. The fraction of sp³-hybridized carbons (Fsp3) is 0.350. The number of thiophene rings is 1. The molecule has 0 saturated carbocycles. The second-order valence-electron chi connectivity index (χ2n) is 7.26. The minimum absolute atomic E-state index is 0.00472. The van der Waals surface area contributed by atoms with Crippen molar-refractivity contribution in [2.24, 2.45) is 0 Å². The van der Waals surface area contributed by atoms with Gasteiger partial charge in [0.2, 0.25) is 0 Å². The van der Waals surface area contributed by atoms with Gasteiger partial charge >= 0.3 is 6.03 Å². The molecule has 4 rings (SSSR count). The van der Waals surface area contributed by atoms with Crippen molar-refractivity contribution < 1.29 is 14.4 Å². The molecule has 1 aromatic carbocycles. The van der Waals surface area contributed by atoms with E-state index in [2.05, 4.69) is 5.32 Å². The summed E-state index contributed by atoms with van der Waals surface area (Å²) in [6, 6.07) is 8.67. The van der Waals surface area contributed by atoms with Gasteiger partial charge in [0.25, 0.3) is 11.8 Å². The lowest BCUT2D eigenvalue weighted by Gasteiger charge is -2.37. The number of benzene rings is 1. The number of rotatable bonds is 3. The van der Waals surface area contributed by atoms with E-state index in [0.717, 1.165) is 16.0 Å². The third-order valence-electron chi connectivity index (χ3n) is 5.44. The predicted octanol–water partition coefficient (Wildman–Crippen LogP) is 3.44. The molecule has 1 N–H and O–H groups in total. The van der Waals surface area contributed by atoms with Crippen LogP contribution in [0.1, 0.15) is 33.6 Å². The number of carbonyl (C=O) groups excluding carboxylic acids is 3. The van der Waals surface area contributed by atoms with Gasteiger partial charge in [0.15, 0.2) is 0 Å². The zero-order chi connectivity index (χ0) is 19.9. The van der Waals surface area contributed by atoms with E-state index in [-0.39, 0.29) is 24.4 Å². The molecule has 0 aliphatic carbocycles. The third kappa shape index (κ3) is 3.29. The van der Waals surface area contributed by atoms with Crippen LogP contribution in [-0.2, 0) is 11.3 Å². The highest BCUT2D eigenvalue weighted by atomic mass is 35.5. The quantitative estimate of drug-likeness (QED) is 0.778. The van der Waals surface area contributed by atoms with Crippen LogP contribution in [0.15, 0.2) is 35.7 Å². The first-order valence-corrected chi connectivity index (χ1v) is 10.4. The van der Waals surface area contributed by atoms with Gasteiger partial charge in [-0.15, -0.1) is 11.3 Å². The fourth-order valence-electron chi connectivity index (χ4n) is 3.80. The van der Waals surface area contributed by atoms with E-state index in [9.17, 15) is 14.4 Å². The topological polar surface area (TPSA) is 69.7 Å². The van der Waals surface area contributed by atoms with Crippen molar-refractivity contribution in [3.05, 3.63) is 56.7 Å². The molecule has 8 heteroatoms. The number of likely N-dealkylation sites (tertiary alicyclic amines) is 1. The number of piperidine rings is 1. The second-order valence-corrected chi connectivity index (χ2v) is 8.61. The van der Waals surface area contributed by atoms with Crippen LogP contribution in [0.4, 0.5) is 4.79 Å². The zero-order valence-corrected chi connectivity index (χ0v) is 17.0. The highest BCUT2D eigenvalue weighted by Crippen LogP contribution is 2.32. The molecule has 2 aromatic rings. The van der Waals surface area contributed by atoms with Crippen molar-refractivity contribution in [2.45, 2.75) is 31.8 Å². The SMILES string of the molecule is Cc1ccsc1C(=O)N1CCC2(CC1)NC(=O)N(Cc1cccc(Cl)c1)C2=O. The summed E-state index contributed by atoms with van der Waals surface area (Å²) >= 11 is 7.44. The van der Waals surface area contributed by atoms with Crippen LogP contribution in [0.25, 0.3) is 0 Å². The molecule has 1 spiro atoms. The fourth-order valence-corrected chi connectivity index (χ4v) is 4.91. The Morgan fingerprint density at radius 1 is 1.25 bits per heavy atom. The maximum atomic E-state index is 13.0. The first kappa shape index (κ1) is 19.0. The summed E-state index contributed by atoms with van der Waals surface area (Å²) < 4.78 is 0. The molecular weight excluding hydrogens is 398 g/mol. The summed E-state index contributed by atoms with van der Waals surface area (Å²) in [6.45, 7) is 2.98. The van der Waals surface area contributed by atoms with E-state index in [1.807, 2.05) is 24.4 Å². The number of hydrogen-bond donors (Lipinski definition) is 1. The van der Waals surface area contributed by atoms with Crippen LogP contribution in [-0.4, -0.2) is 46.3 Å². The molecule has 3 heterocycles. The number of aryl methyl sites for hydroxylation is 1. The van der Waals surface area contributed by atoms with Crippen LogP contribution < -0.4 is 5.32 Å². The zero-order valence-electron chi connectivity index (χ0n) is 15.4. The number of amides is 4. The van der Waals surface area contributed by atoms with E-state index >= 15 is 0 Å². The van der Waals surface area contributed by atoms with Crippen LogP contribution >= 0.6 is 22.9 Å². The van der Waals surface area contributed by atoms with Gasteiger partial charge in [-0.3, -0.25) is 14.5 Å². The predicted molar refractivity (Wildman–Crippen MR) is 107 cm³/mol. The number of nitrogens with one attached hydrogen (secondary N) is 1. The molecule has 1 aromatic heterocycles. The summed E-state index contributed by atoms with van der Waals surface area (Å²) in [5, 5.41) is 5.35. The van der Waals surface area contributed by atoms with Gasteiger partial charge in [0, 0.05) is 18.1 Å². The van der Waals surface area contributed by atoms with Crippen molar-refractivity contribution in [1.29, 1.82) is 0 Å². The summed E-state index contributed by atoms with van der Waals surface area (Å²) in [5.41, 5.74) is 0.846. The van der Waals surface area contributed by atoms with Gasteiger partial charge in [0.1, 0.15) is 5.54 Å². The van der Waals surface area contributed by atoms with Gasteiger partial charge in [-0.2, -0.15) is 0 Å². The van der Waals surface area contributed by atoms with E-state index in [4.69, 9.17) is 11.6 Å². The Labute approximate surface area is 172 Å². The highest BCUT2D eigenvalue weighted by molar-refractivity contribution is 7.12. The van der Waals surface area contributed by atoms with Gasteiger partial charge in [0.05, 0.1) is 11.4 Å². The Hall–Kier alpha value is -2.38. The van der Waals surface area contributed by atoms with Crippen molar-refractivity contribution in [2.75, 3.05) is 13.1 Å². The summed E-state index contributed by atoms with van der Waals surface area (Å²) in [4.78, 5) is 42.0. The second kappa shape index (κ2) is 7.22. The van der Waals surface area contributed by atoms with Gasteiger partial charge in [-0.1, -0.05) is 23.7 Å². The number of nitrogens with zero attached hydrogens (tertiary/aromatic N) is 2. The Bertz CT molecular complexity index is 950. The van der Waals surface area contributed by atoms with Crippen molar-refractivity contribution in [3.8, 4) is 0 Å². The van der Waals surface area contributed by atoms with Gasteiger partial charge in [-0.05, 0) is 54.5 Å². The molecule has 2 fully saturated rings. The molecule has 6 nitrogen and oxygen atoms in total. The lowest BCUT2D eigenvalue weighted by Crippen LogP contribution is -2.55.